The van der Waals surface area contributed by atoms with Gasteiger partial charge in [-0.15, -0.1) is 0 Å². The second kappa shape index (κ2) is 5.64. The van der Waals surface area contributed by atoms with Gasteiger partial charge in [0.1, 0.15) is 0 Å². The van der Waals surface area contributed by atoms with E-state index in [1.165, 1.54) is 5.56 Å². The Hall–Kier alpha value is -0.380. The molecule has 0 aliphatic carbocycles. The zero-order valence-corrected chi connectivity index (χ0v) is 11.1. The first-order chi connectivity index (χ1) is 7.08. The minimum atomic E-state index is 0.0959. The summed E-state index contributed by atoms with van der Waals surface area (Å²) in [5.41, 5.74) is 1.41. The molecule has 15 heavy (non-hydrogen) atoms. The van der Waals surface area contributed by atoms with Crippen molar-refractivity contribution in [1.29, 1.82) is 0 Å². The number of ether oxygens (including phenoxy) is 1. The second-order valence-electron chi connectivity index (χ2n) is 4.22. The topological polar surface area (TPSA) is 21.3 Å². The van der Waals surface area contributed by atoms with Gasteiger partial charge in [0.15, 0.2) is 0 Å². The minimum absolute atomic E-state index is 0.0959. The van der Waals surface area contributed by atoms with E-state index in [4.69, 9.17) is 4.74 Å². The van der Waals surface area contributed by atoms with E-state index < -0.39 is 0 Å². The highest BCUT2D eigenvalue weighted by Gasteiger charge is 2.21. The van der Waals surface area contributed by atoms with Gasteiger partial charge in [0.05, 0.1) is 6.73 Å². The molecule has 0 amide bonds. The van der Waals surface area contributed by atoms with Gasteiger partial charge in [-0.05, 0) is 11.6 Å². The molecule has 2 nitrogen and oxygen atoms in total. The standard InChI is InChI=1S/C12H18BrNO/c1-12(2,8-14-9-15-3)10-6-4-5-7-11(10)13/h4-7,14H,8-9H2,1-3H3. The molecule has 1 aromatic carbocycles. The van der Waals surface area contributed by atoms with Gasteiger partial charge in [0.2, 0.25) is 0 Å². The molecular formula is C12H18BrNO. The van der Waals surface area contributed by atoms with Gasteiger partial charge in [-0.25, -0.2) is 0 Å². The smallest absolute Gasteiger partial charge is 0.0961 e. The van der Waals surface area contributed by atoms with Crippen LogP contribution in [0.1, 0.15) is 19.4 Å². The molecule has 1 N–H and O–H groups in total. The highest BCUT2D eigenvalue weighted by Crippen LogP contribution is 2.29. The predicted molar refractivity (Wildman–Crippen MR) is 67.0 cm³/mol. The summed E-state index contributed by atoms with van der Waals surface area (Å²) < 4.78 is 6.14. The maximum absolute atomic E-state index is 4.98. The Bertz CT molecular complexity index is 312. The summed E-state index contributed by atoms with van der Waals surface area (Å²) in [5.74, 6) is 0. The van der Waals surface area contributed by atoms with E-state index in [1.54, 1.807) is 7.11 Å². The van der Waals surface area contributed by atoms with Crippen molar-refractivity contribution < 1.29 is 4.74 Å². The van der Waals surface area contributed by atoms with E-state index in [0.717, 1.165) is 11.0 Å². The Balaban J connectivity index is 2.72. The summed E-state index contributed by atoms with van der Waals surface area (Å²) >= 11 is 3.58. The Morgan fingerprint density at radius 3 is 2.60 bits per heavy atom. The number of benzene rings is 1. The molecular weight excluding hydrogens is 254 g/mol. The SMILES string of the molecule is COCNCC(C)(C)c1ccccc1Br. The van der Waals surface area contributed by atoms with Crippen molar-refractivity contribution in [2.75, 3.05) is 20.4 Å². The summed E-state index contributed by atoms with van der Waals surface area (Å²) in [6.07, 6.45) is 0. The molecule has 1 aromatic rings. The first-order valence-corrected chi connectivity index (χ1v) is 5.82. The molecule has 0 bridgehead atoms. The summed E-state index contributed by atoms with van der Waals surface area (Å²) in [5, 5.41) is 3.26. The molecule has 0 aromatic heterocycles. The second-order valence-corrected chi connectivity index (χ2v) is 5.08. The van der Waals surface area contributed by atoms with Crippen molar-refractivity contribution in [2.45, 2.75) is 19.3 Å². The van der Waals surface area contributed by atoms with Gasteiger partial charge in [0, 0.05) is 23.5 Å². The largest absolute Gasteiger partial charge is 0.370 e. The fourth-order valence-electron chi connectivity index (χ4n) is 1.57. The average Bonchev–Trinajstić information content (AvgIpc) is 2.18. The molecule has 0 aliphatic rings. The fourth-order valence-corrected chi connectivity index (χ4v) is 2.39. The lowest BCUT2D eigenvalue weighted by Crippen LogP contribution is -2.34. The van der Waals surface area contributed by atoms with Gasteiger partial charge in [-0.2, -0.15) is 0 Å². The minimum Gasteiger partial charge on any atom is -0.370 e. The Kier molecular flexibility index (Phi) is 4.77. The van der Waals surface area contributed by atoms with Crippen LogP contribution in [0.5, 0.6) is 0 Å². The van der Waals surface area contributed by atoms with Gasteiger partial charge < -0.3 is 4.74 Å². The summed E-state index contributed by atoms with van der Waals surface area (Å²) in [7, 11) is 1.69. The molecule has 0 spiro atoms. The lowest BCUT2D eigenvalue weighted by atomic mass is 9.85. The monoisotopic (exact) mass is 271 g/mol. The van der Waals surface area contributed by atoms with Gasteiger partial charge in [-0.3, -0.25) is 5.32 Å². The number of halogens is 1. The Morgan fingerprint density at radius 1 is 1.33 bits per heavy atom. The molecule has 3 heteroatoms. The van der Waals surface area contributed by atoms with Crippen molar-refractivity contribution >= 4 is 15.9 Å². The van der Waals surface area contributed by atoms with Crippen LogP contribution in [0.25, 0.3) is 0 Å². The van der Waals surface area contributed by atoms with Crippen molar-refractivity contribution in [1.82, 2.24) is 5.32 Å². The van der Waals surface area contributed by atoms with Crippen molar-refractivity contribution in [3.05, 3.63) is 34.3 Å². The maximum atomic E-state index is 4.98. The third-order valence-corrected chi connectivity index (χ3v) is 3.11. The number of methoxy groups -OCH3 is 1. The fraction of sp³-hybridized carbons (Fsp3) is 0.500. The van der Waals surface area contributed by atoms with Crippen LogP contribution in [0.15, 0.2) is 28.7 Å². The first kappa shape index (κ1) is 12.7. The van der Waals surface area contributed by atoms with E-state index >= 15 is 0 Å². The number of hydrogen-bond donors (Lipinski definition) is 1. The van der Waals surface area contributed by atoms with E-state index in [0.29, 0.717) is 6.73 Å². The third kappa shape index (κ3) is 3.59. The Morgan fingerprint density at radius 2 is 2.00 bits per heavy atom. The first-order valence-electron chi connectivity index (χ1n) is 5.02. The molecule has 1 rings (SSSR count). The molecule has 0 saturated heterocycles. The highest BCUT2D eigenvalue weighted by atomic mass is 79.9. The number of nitrogens with one attached hydrogen (secondary N) is 1. The quantitative estimate of drug-likeness (QED) is 0.657. The lowest BCUT2D eigenvalue weighted by molar-refractivity contribution is 0.169. The molecule has 0 heterocycles. The number of hydrogen-bond acceptors (Lipinski definition) is 2. The van der Waals surface area contributed by atoms with Crippen LogP contribution in [0.4, 0.5) is 0 Å². The Labute approximate surface area is 100 Å². The average molecular weight is 272 g/mol. The van der Waals surface area contributed by atoms with Crippen LogP contribution < -0.4 is 5.32 Å². The van der Waals surface area contributed by atoms with Gasteiger partial charge >= 0.3 is 0 Å². The summed E-state index contributed by atoms with van der Waals surface area (Å²) in [6.45, 7) is 5.92. The molecule has 0 fully saturated rings. The summed E-state index contributed by atoms with van der Waals surface area (Å²) in [4.78, 5) is 0. The van der Waals surface area contributed by atoms with Crippen molar-refractivity contribution in [3.63, 3.8) is 0 Å². The van der Waals surface area contributed by atoms with Crippen LogP contribution in [0.2, 0.25) is 0 Å². The molecule has 0 radical (unpaired) electrons. The van der Waals surface area contributed by atoms with E-state index in [9.17, 15) is 0 Å². The molecule has 0 unspecified atom stereocenters. The highest BCUT2D eigenvalue weighted by molar-refractivity contribution is 9.10. The zero-order chi connectivity index (χ0) is 11.3. The van der Waals surface area contributed by atoms with Crippen molar-refractivity contribution in [3.8, 4) is 0 Å². The van der Waals surface area contributed by atoms with E-state index in [2.05, 4.69) is 53.3 Å². The van der Waals surface area contributed by atoms with Crippen molar-refractivity contribution in [2.24, 2.45) is 0 Å². The van der Waals surface area contributed by atoms with Crippen LogP contribution >= 0.6 is 15.9 Å². The van der Waals surface area contributed by atoms with E-state index in [-0.39, 0.29) is 5.41 Å². The van der Waals surface area contributed by atoms with Gasteiger partial charge in [-0.1, -0.05) is 48.0 Å². The van der Waals surface area contributed by atoms with Crippen LogP contribution in [0.3, 0.4) is 0 Å². The van der Waals surface area contributed by atoms with E-state index in [1.807, 2.05) is 6.07 Å². The van der Waals surface area contributed by atoms with Gasteiger partial charge in [0.25, 0.3) is 0 Å². The zero-order valence-electron chi connectivity index (χ0n) is 9.51. The predicted octanol–water partition coefficient (Wildman–Crippen LogP) is 2.92. The molecule has 84 valence electrons. The number of rotatable bonds is 5. The normalized spacial score (nSPS) is 11.7. The van der Waals surface area contributed by atoms with Crippen LogP contribution in [0, 0.1) is 0 Å². The van der Waals surface area contributed by atoms with Crippen LogP contribution in [-0.2, 0) is 10.2 Å². The lowest BCUT2D eigenvalue weighted by Gasteiger charge is -2.26. The maximum Gasteiger partial charge on any atom is 0.0961 e. The summed E-state index contributed by atoms with van der Waals surface area (Å²) in [6, 6.07) is 8.33. The molecule has 0 saturated carbocycles. The molecule has 0 atom stereocenters. The third-order valence-electron chi connectivity index (χ3n) is 2.42. The molecule has 0 aliphatic heterocycles. The van der Waals surface area contributed by atoms with Crippen LogP contribution in [-0.4, -0.2) is 20.4 Å².